The van der Waals surface area contributed by atoms with E-state index < -0.39 is 0 Å². The standard InChI is InChI=1S/C10H9ClN2O/c1-7-6-12-13(10(7)14)9-4-2-8(11)3-5-9/h2-6,12H,1H3. The zero-order chi connectivity index (χ0) is 10.1. The molecule has 14 heavy (non-hydrogen) atoms. The van der Waals surface area contributed by atoms with Gasteiger partial charge in [0.25, 0.3) is 5.56 Å². The molecule has 4 heteroatoms. The minimum absolute atomic E-state index is 0.0349. The summed E-state index contributed by atoms with van der Waals surface area (Å²) >= 11 is 5.75. The molecular formula is C10H9ClN2O. The number of hydrogen-bond donors (Lipinski definition) is 1. The van der Waals surface area contributed by atoms with Crippen molar-refractivity contribution in [2.75, 3.05) is 0 Å². The third-order valence-electron chi connectivity index (χ3n) is 2.04. The maximum atomic E-state index is 11.6. The number of aromatic nitrogens is 2. The van der Waals surface area contributed by atoms with Crippen LogP contribution in [-0.4, -0.2) is 9.78 Å². The normalized spacial score (nSPS) is 10.4. The van der Waals surface area contributed by atoms with Gasteiger partial charge in [-0.25, -0.2) is 4.68 Å². The minimum atomic E-state index is -0.0349. The van der Waals surface area contributed by atoms with E-state index in [9.17, 15) is 4.79 Å². The highest BCUT2D eigenvalue weighted by molar-refractivity contribution is 6.30. The lowest BCUT2D eigenvalue weighted by molar-refractivity contribution is 0.848. The number of H-pyrrole nitrogens is 1. The van der Waals surface area contributed by atoms with Crippen molar-refractivity contribution in [3.8, 4) is 5.69 Å². The summed E-state index contributed by atoms with van der Waals surface area (Å²) in [4.78, 5) is 11.6. The van der Waals surface area contributed by atoms with Crippen molar-refractivity contribution < 1.29 is 0 Å². The number of aryl methyl sites for hydroxylation is 1. The molecule has 0 amide bonds. The minimum Gasteiger partial charge on any atom is -0.298 e. The van der Waals surface area contributed by atoms with Crippen molar-refractivity contribution in [3.63, 3.8) is 0 Å². The Hall–Kier alpha value is -1.48. The van der Waals surface area contributed by atoms with Gasteiger partial charge in [-0.3, -0.25) is 9.89 Å². The van der Waals surface area contributed by atoms with E-state index in [0.29, 0.717) is 10.6 Å². The Kier molecular flexibility index (Phi) is 2.17. The van der Waals surface area contributed by atoms with Gasteiger partial charge in [0.2, 0.25) is 0 Å². The molecule has 1 aromatic carbocycles. The lowest BCUT2D eigenvalue weighted by Crippen LogP contribution is -2.15. The summed E-state index contributed by atoms with van der Waals surface area (Å²) in [5, 5.41) is 3.53. The van der Waals surface area contributed by atoms with Gasteiger partial charge in [0.1, 0.15) is 0 Å². The third-order valence-corrected chi connectivity index (χ3v) is 2.29. The Morgan fingerprint density at radius 3 is 2.43 bits per heavy atom. The first-order valence-electron chi connectivity index (χ1n) is 4.21. The van der Waals surface area contributed by atoms with Gasteiger partial charge in [-0.05, 0) is 31.2 Å². The van der Waals surface area contributed by atoms with E-state index in [1.165, 1.54) is 4.68 Å². The van der Waals surface area contributed by atoms with E-state index in [0.717, 1.165) is 5.69 Å². The summed E-state index contributed by atoms with van der Waals surface area (Å²) < 4.78 is 1.48. The Bertz CT molecular complexity index is 496. The number of aromatic amines is 1. The van der Waals surface area contributed by atoms with Gasteiger partial charge in [0.15, 0.2) is 0 Å². The van der Waals surface area contributed by atoms with Crippen molar-refractivity contribution in [1.29, 1.82) is 0 Å². The van der Waals surface area contributed by atoms with E-state index in [-0.39, 0.29) is 5.56 Å². The molecule has 0 unspecified atom stereocenters. The Morgan fingerprint density at radius 2 is 1.93 bits per heavy atom. The van der Waals surface area contributed by atoms with Gasteiger partial charge >= 0.3 is 0 Å². The average molecular weight is 209 g/mol. The Balaban J connectivity index is 2.55. The molecule has 1 N–H and O–H groups in total. The fraction of sp³-hybridized carbons (Fsp3) is 0.100. The van der Waals surface area contributed by atoms with Crippen LogP contribution in [-0.2, 0) is 0 Å². The van der Waals surface area contributed by atoms with Crippen LogP contribution < -0.4 is 5.56 Å². The Morgan fingerprint density at radius 1 is 1.29 bits per heavy atom. The van der Waals surface area contributed by atoms with Crippen LogP contribution in [0.1, 0.15) is 5.56 Å². The number of halogens is 1. The number of rotatable bonds is 1. The zero-order valence-electron chi connectivity index (χ0n) is 7.62. The quantitative estimate of drug-likeness (QED) is 0.766. The summed E-state index contributed by atoms with van der Waals surface area (Å²) in [6.07, 6.45) is 1.68. The summed E-state index contributed by atoms with van der Waals surface area (Å²) in [6.45, 7) is 1.77. The van der Waals surface area contributed by atoms with Gasteiger partial charge in [-0.2, -0.15) is 0 Å². The van der Waals surface area contributed by atoms with Gasteiger partial charge in [0, 0.05) is 16.8 Å². The number of hydrogen-bond acceptors (Lipinski definition) is 1. The molecule has 2 aromatic rings. The highest BCUT2D eigenvalue weighted by atomic mass is 35.5. The van der Waals surface area contributed by atoms with Crippen LogP contribution >= 0.6 is 11.6 Å². The second-order valence-electron chi connectivity index (χ2n) is 3.07. The van der Waals surface area contributed by atoms with Crippen molar-refractivity contribution >= 4 is 11.6 Å². The smallest absolute Gasteiger partial charge is 0.274 e. The van der Waals surface area contributed by atoms with E-state index in [4.69, 9.17) is 11.6 Å². The first kappa shape index (κ1) is 9.09. The largest absolute Gasteiger partial charge is 0.298 e. The number of benzene rings is 1. The summed E-state index contributed by atoms with van der Waals surface area (Å²) in [5.41, 5.74) is 1.44. The van der Waals surface area contributed by atoms with E-state index in [1.807, 2.05) is 0 Å². The molecule has 0 bridgehead atoms. The highest BCUT2D eigenvalue weighted by Crippen LogP contribution is 2.11. The fourth-order valence-corrected chi connectivity index (χ4v) is 1.37. The molecule has 0 saturated heterocycles. The molecule has 1 aromatic heterocycles. The molecule has 0 aliphatic heterocycles. The van der Waals surface area contributed by atoms with Gasteiger partial charge in [-0.15, -0.1) is 0 Å². The molecule has 0 aliphatic rings. The summed E-state index contributed by atoms with van der Waals surface area (Å²) in [6, 6.07) is 7.08. The molecule has 0 aliphatic carbocycles. The second-order valence-corrected chi connectivity index (χ2v) is 3.51. The van der Waals surface area contributed by atoms with E-state index in [2.05, 4.69) is 5.10 Å². The van der Waals surface area contributed by atoms with Crippen molar-refractivity contribution in [2.24, 2.45) is 0 Å². The molecule has 0 spiro atoms. The molecule has 0 fully saturated rings. The molecule has 1 heterocycles. The van der Waals surface area contributed by atoms with Gasteiger partial charge in [0.05, 0.1) is 5.69 Å². The third kappa shape index (κ3) is 1.46. The first-order valence-corrected chi connectivity index (χ1v) is 4.59. The molecule has 2 rings (SSSR count). The molecule has 72 valence electrons. The van der Waals surface area contributed by atoms with Crippen LogP contribution in [0.15, 0.2) is 35.3 Å². The summed E-state index contributed by atoms with van der Waals surface area (Å²) in [7, 11) is 0. The van der Waals surface area contributed by atoms with Crippen molar-refractivity contribution in [3.05, 3.63) is 51.4 Å². The van der Waals surface area contributed by atoms with Crippen LogP contribution in [0.25, 0.3) is 5.69 Å². The molecule has 3 nitrogen and oxygen atoms in total. The number of nitrogens with zero attached hydrogens (tertiary/aromatic N) is 1. The maximum Gasteiger partial charge on any atom is 0.274 e. The van der Waals surface area contributed by atoms with Crippen LogP contribution in [0.3, 0.4) is 0 Å². The Labute approximate surface area is 85.9 Å². The monoisotopic (exact) mass is 208 g/mol. The second kappa shape index (κ2) is 3.35. The van der Waals surface area contributed by atoms with Crippen LogP contribution in [0, 0.1) is 6.92 Å². The molecule has 0 saturated carbocycles. The van der Waals surface area contributed by atoms with E-state index in [1.54, 1.807) is 37.4 Å². The van der Waals surface area contributed by atoms with Crippen LogP contribution in [0.2, 0.25) is 5.02 Å². The lowest BCUT2D eigenvalue weighted by Gasteiger charge is -2.00. The topological polar surface area (TPSA) is 37.8 Å². The van der Waals surface area contributed by atoms with Crippen LogP contribution in [0.5, 0.6) is 0 Å². The van der Waals surface area contributed by atoms with E-state index >= 15 is 0 Å². The maximum absolute atomic E-state index is 11.6. The SMILES string of the molecule is Cc1c[nH]n(-c2ccc(Cl)cc2)c1=O. The lowest BCUT2D eigenvalue weighted by atomic mass is 10.3. The van der Waals surface area contributed by atoms with Gasteiger partial charge < -0.3 is 0 Å². The molecule has 0 atom stereocenters. The fourth-order valence-electron chi connectivity index (χ4n) is 1.24. The molecular weight excluding hydrogens is 200 g/mol. The van der Waals surface area contributed by atoms with Crippen molar-refractivity contribution in [2.45, 2.75) is 6.92 Å². The average Bonchev–Trinajstić information content (AvgIpc) is 2.50. The predicted molar refractivity (Wildman–Crippen MR) is 56.1 cm³/mol. The first-order chi connectivity index (χ1) is 6.68. The highest BCUT2D eigenvalue weighted by Gasteiger charge is 2.02. The molecule has 0 radical (unpaired) electrons. The van der Waals surface area contributed by atoms with Crippen LogP contribution in [0.4, 0.5) is 0 Å². The zero-order valence-corrected chi connectivity index (χ0v) is 8.38. The van der Waals surface area contributed by atoms with Gasteiger partial charge in [-0.1, -0.05) is 11.6 Å². The predicted octanol–water partition coefficient (Wildman–Crippen LogP) is 2.13. The summed E-state index contributed by atoms with van der Waals surface area (Å²) in [5.74, 6) is 0. The number of nitrogens with one attached hydrogen (secondary N) is 1. The van der Waals surface area contributed by atoms with Crippen molar-refractivity contribution in [1.82, 2.24) is 9.78 Å².